The minimum absolute atomic E-state index is 0.0620. The lowest BCUT2D eigenvalue weighted by atomic mass is 9.82. The summed E-state index contributed by atoms with van der Waals surface area (Å²) in [6.07, 6.45) is 1.75. The van der Waals surface area contributed by atoms with Crippen LogP contribution in [0.2, 0.25) is 0 Å². The molecule has 0 aromatic heterocycles. The van der Waals surface area contributed by atoms with Crippen LogP contribution in [0.1, 0.15) is 24.2 Å². The van der Waals surface area contributed by atoms with Gasteiger partial charge in [-0.2, -0.15) is 0 Å². The van der Waals surface area contributed by atoms with Crippen LogP contribution < -0.4 is 0 Å². The van der Waals surface area contributed by atoms with Crippen molar-refractivity contribution in [2.75, 3.05) is 19.3 Å². The highest BCUT2D eigenvalue weighted by Gasteiger charge is 2.46. The molecule has 1 aromatic carbocycles. The Labute approximate surface area is 127 Å². The predicted molar refractivity (Wildman–Crippen MR) is 80.6 cm³/mol. The molecule has 7 heteroatoms. The maximum atomic E-state index is 12.3. The molecule has 1 aliphatic heterocycles. The summed E-state index contributed by atoms with van der Waals surface area (Å²) in [4.78, 5) is 24.9. The van der Waals surface area contributed by atoms with E-state index in [2.05, 4.69) is 0 Å². The van der Waals surface area contributed by atoms with Crippen LogP contribution >= 0.6 is 11.8 Å². The van der Waals surface area contributed by atoms with E-state index in [0.717, 1.165) is 0 Å². The summed E-state index contributed by atoms with van der Waals surface area (Å²) < 4.78 is 0. The standard InChI is InChI=1S/C14H18N2O4S/c1-9(2)14(18)7-15(8-14)13(17)10-4-5-12(21-3)11(6-10)16(19)20/h4-6,9,18H,7-8H2,1-3H3. The van der Waals surface area contributed by atoms with Gasteiger partial charge in [0.1, 0.15) is 5.60 Å². The Balaban J connectivity index is 2.18. The topological polar surface area (TPSA) is 83.7 Å². The SMILES string of the molecule is CSc1ccc(C(=O)N2CC(O)(C(C)C)C2)cc1[N+](=O)[O-]. The zero-order valence-electron chi connectivity index (χ0n) is 12.2. The summed E-state index contributed by atoms with van der Waals surface area (Å²) in [5.41, 5.74) is -0.626. The van der Waals surface area contributed by atoms with Gasteiger partial charge in [0.05, 0.1) is 22.9 Å². The van der Waals surface area contributed by atoms with Gasteiger partial charge in [0, 0.05) is 11.6 Å². The Morgan fingerprint density at radius 3 is 2.57 bits per heavy atom. The lowest BCUT2D eigenvalue weighted by Crippen LogP contribution is -2.65. The minimum atomic E-state index is -0.846. The van der Waals surface area contributed by atoms with Crippen molar-refractivity contribution in [3.63, 3.8) is 0 Å². The van der Waals surface area contributed by atoms with Gasteiger partial charge in [0.25, 0.3) is 11.6 Å². The van der Waals surface area contributed by atoms with E-state index in [9.17, 15) is 20.0 Å². The van der Waals surface area contributed by atoms with Gasteiger partial charge < -0.3 is 10.0 Å². The van der Waals surface area contributed by atoms with E-state index in [1.165, 1.54) is 22.7 Å². The first-order valence-electron chi connectivity index (χ1n) is 6.62. The van der Waals surface area contributed by atoms with Crippen molar-refractivity contribution in [2.45, 2.75) is 24.3 Å². The molecule has 1 heterocycles. The van der Waals surface area contributed by atoms with E-state index in [4.69, 9.17) is 0 Å². The summed E-state index contributed by atoms with van der Waals surface area (Å²) >= 11 is 1.27. The second-order valence-corrected chi connectivity index (χ2v) is 6.41. The smallest absolute Gasteiger partial charge is 0.283 e. The molecule has 1 aromatic rings. The Hall–Kier alpha value is -1.60. The molecule has 21 heavy (non-hydrogen) atoms. The third-order valence-corrected chi connectivity index (χ3v) is 4.70. The maximum absolute atomic E-state index is 12.3. The largest absolute Gasteiger partial charge is 0.386 e. The normalized spacial score (nSPS) is 16.7. The van der Waals surface area contributed by atoms with Crippen molar-refractivity contribution >= 4 is 23.4 Å². The average Bonchev–Trinajstić information content (AvgIpc) is 2.42. The molecule has 1 saturated heterocycles. The van der Waals surface area contributed by atoms with Gasteiger partial charge in [-0.05, 0) is 24.3 Å². The van der Waals surface area contributed by atoms with E-state index in [1.54, 1.807) is 18.4 Å². The number of rotatable bonds is 4. The number of hydrogen-bond acceptors (Lipinski definition) is 5. The Bertz CT molecular complexity index is 582. The lowest BCUT2D eigenvalue weighted by Gasteiger charge is -2.49. The summed E-state index contributed by atoms with van der Waals surface area (Å²) in [6.45, 7) is 4.34. The molecule has 0 saturated carbocycles. The highest BCUT2D eigenvalue weighted by Crippen LogP contribution is 2.32. The number of nitro benzene ring substituents is 1. The molecule has 0 aliphatic carbocycles. The molecule has 0 radical (unpaired) electrons. The summed E-state index contributed by atoms with van der Waals surface area (Å²) in [6, 6.07) is 4.49. The van der Waals surface area contributed by atoms with Gasteiger partial charge in [0.15, 0.2) is 0 Å². The molecule has 1 aliphatic rings. The molecule has 1 fully saturated rings. The highest BCUT2D eigenvalue weighted by atomic mass is 32.2. The van der Waals surface area contributed by atoms with E-state index < -0.39 is 10.5 Å². The number of β-amino-alcohol motifs (C(OH)–C–C–N with tert-alkyl or cyclic N) is 1. The van der Waals surface area contributed by atoms with Gasteiger partial charge >= 0.3 is 0 Å². The van der Waals surface area contributed by atoms with Crippen LogP contribution in [-0.4, -0.2) is 45.8 Å². The fourth-order valence-electron chi connectivity index (χ4n) is 2.27. The van der Waals surface area contributed by atoms with E-state index in [0.29, 0.717) is 4.90 Å². The third kappa shape index (κ3) is 2.89. The molecule has 2 rings (SSSR count). The number of benzene rings is 1. The Morgan fingerprint density at radius 2 is 2.10 bits per heavy atom. The fourth-order valence-corrected chi connectivity index (χ4v) is 2.82. The molecule has 0 bridgehead atoms. The number of likely N-dealkylation sites (tertiary alicyclic amines) is 1. The number of amides is 1. The minimum Gasteiger partial charge on any atom is -0.386 e. The first kappa shape index (κ1) is 15.8. The van der Waals surface area contributed by atoms with Crippen molar-refractivity contribution in [3.8, 4) is 0 Å². The Morgan fingerprint density at radius 1 is 1.48 bits per heavy atom. The molecule has 0 atom stereocenters. The van der Waals surface area contributed by atoms with Gasteiger partial charge in [0.2, 0.25) is 0 Å². The van der Waals surface area contributed by atoms with Crippen molar-refractivity contribution in [2.24, 2.45) is 5.92 Å². The van der Waals surface area contributed by atoms with Crippen LogP contribution in [0.3, 0.4) is 0 Å². The highest BCUT2D eigenvalue weighted by molar-refractivity contribution is 7.98. The zero-order valence-corrected chi connectivity index (χ0v) is 13.0. The molecular formula is C14H18N2O4S. The number of carbonyl (C=O) groups is 1. The van der Waals surface area contributed by atoms with Crippen molar-refractivity contribution in [3.05, 3.63) is 33.9 Å². The van der Waals surface area contributed by atoms with E-state index in [1.807, 2.05) is 13.8 Å². The lowest BCUT2D eigenvalue weighted by molar-refractivity contribution is -0.387. The summed E-state index contributed by atoms with van der Waals surface area (Å²) in [5, 5.41) is 21.2. The number of carbonyl (C=O) groups excluding carboxylic acids is 1. The summed E-state index contributed by atoms with van der Waals surface area (Å²) in [5.74, 6) is -0.217. The molecule has 1 amide bonds. The average molecular weight is 310 g/mol. The number of thioether (sulfide) groups is 1. The van der Waals surface area contributed by atoms with Crippen molar-refractivity contribution < 1.29 is 14.8 Å². The van der Waals surface area contributed by atoms with Crippen LogP contribution in [0.5, 0.6) is 0 Å². The first-order chi connectivity index (χ1) is 9.78. The molecule has 1 N–H and O–H groups in total. The van der Waals surface area contributed by atoms with Gasteiger partial charge in [-0.15, -0.1) is 11.8 Å². The fraction of sp³-hybridized carbons (Fsp3) is 0.500. The number of nitrogens with zero attached hydrogens (tertiary/aromatic N) is 2. The second kappa shape index (κ2) is 5.65. The Kier molecular flexibility index (Phi) is 4.25. The second-order valence-electron chi connectivity index (χ2n) is 5.56. The molecule has 114 valence electrons. The monoisotopic (exact) mass is 310 g/mol. The van der Waals surface area contributed by atoms with Crippen LogP contribution in [0, 0.1) is 16.0 Å². The molecular weight excluding hydrogens is 292 g/mol. The van der Waals surface area contributed by atoms with Crippen LogP contribution in [-0.2, 0) is 0 Å². The van der Waals surface area contributed by atoms with Crippen LogP contribution in [0.25, 0.3) is 0 Å². The maximum Gasteiger partial charge on any atom is 0.283 e. The van der Waals surface area contributed by atoms with Gasteiger partial charge in [-0.3, -0.25) is 14.9 Å². The molecule has 0 unspecified atom stereocenters. The third-order valence-electron chi connectivity index (χ3n) is 3.91. The van der Waals surface area contributed by atoms with E-state index >= 15 is 0 Å². The quantitative estimate of drug-likeness (QED) is 0.523. The molecule has 0 spiro atoms. The van der Waals surface area contributed by atoms with Crippen LogP contribution in [0.4, 0.5) is 5.69 Å². The van der Waals surface area contributed by atoms with Crippen molar-refractivity contribution in [1.29, 1.82) is 0 Å². The van der Waals surface area contributed by atoms with Crippen molar-refractivity contribution in [1.82, 2.24) is 4.90 Å². The first-order valence-corrected chi connectivity index (χ1v) is 7.85. The summed E-state index contributed by atoms with van der Waals surface area (Å²) in [7, 11) is 0. The zero-order chi connectivity index (χ0) is 15.8. The number of nitro groups is 1. The molecule has 6 nitrogen and oxygen atoms in total. The van der Waals surface area contributed by atoms with E-state index in [-0.39, 0.29) is 36.2 Å². The van der Waals surface area contributed by atoms with Gasteiger partial charge in [-0.25, -0.2) is 0 Å². The number of hydrogen-bond donors (Lipinski definition) is 1. The van der Waals surface area contributed by atoms with Gasteiger partial charge in [-0.1, -0.05) is 13.8 Å². The predicted octanol–water partition coefficient (Wildman–Crippen LogP) is 2.16. The number of aliphatic hydroxyl groups is 1. The van der Waals surface area contributed by atoms with Crippen LogP contribution in [0.15, 0.2) is 23.1 Å².